The molecule has 0 aliphatic rings. The zero-order valence-corrected chi connectivity index (χ0v) is 10.9. The summed E-state index contributed by atoms with van der Waals surface area (Å²) in [7, 11) is 3.91. The van der Waals surface area contributed by atoms with Gasteiger partial charge in [-0.1, -0.05) is 6.07 Å². The van der Waals surface area contributed by atoms with Crippen molar-refractivity contribution < 1.29 is 9.18 Å². The smallest absolute Gasteiger partial charge is 0.221 e. The largest absolute Gasteiger partial charge is 0.384 e. The molecule has 100 valence electrons. The van der Waals surface area contributed by atoms with Gasteiger partial charge in [0.15, 0.2) is 0 Å². The molecule has 0 aliphatic heterocycles. The minimum Gasteiger partial charge on any atom is -0.384 e. The molecule has 1 aromatic carbocycles. The van der Waals surface area contributed by atoms with Gasteiger partial charge in [-0.25, -0.2) is 4.39 Å². The van der Waals surface area contributed by atoms with E-state index in [1.807, 2.05) is 19.0 Å². The third-order valence-corrected chi connectivity index (χ3v) is 2.39. The standard InChI is InChI=1S/C13H20FN3O/c1-17(2)9-8-16-13(18)6-7-15-12-5-3-4-11(14)10-12/h3-5,10,15H,6-9H2,1-2H3,(H,16,18). The fraction of sp³-hybridized carbons (Fsp3) is 0.462. The van der Waals surface area contributed by atoms with E-state index in [4.69, 9.17) is 0 Å². The lowest BCUT2D eigenvalue weighted by molar-refractivity contribution is -0.120. The maximum atomic E-state index is 12.9. The van der Waals surface area contributed by atoms with E-state index in [-0.39, 0.29) is 11.7 Å². The zero-order valence-electron chi connectivity index (χ0n) is 10.9. The van der Waals surface area contributed by atoms with Crippen molar-refractivity contribution in [2.45, 2.75) is 6.42 Å². The Balaban J connectivity index is 2.15. The molecular formula is C13H20FN3O. The molecule has 0 aliphatic carbocycles. The molecule has 0 atom stereocenters. The van der Waals surface area contributed by atoms with Crippen LogP contribution in [-0.2, 0) is 4.79 Å². The van der Waals surface area contributed by atoms with Crippen LogP contribution in [-0.4, -0.2) is 44.5 Å². The second-order valence-electron chi connectivity index (χ2n) is 4.34. The molecule has 5 heteroatoms. The Morgan fingerprint density at radius 3 is 2.78 bits per heavy atom. The maximum Gasteiger partial charge on any atom is 0.221 e. The molecule has 18 heavy (non-hydrogen) atoms. The highest BCUT2D eigenvalue weighted by Crippen LogP contribution is 2.08. The average molecular weight is 253 g/mol. The van der Waals surface area contributed by atoms with Crippen LogP contribution in [0.4, 0.5) is 10.1 Å². The number of likely N-dealkylation sites (N-methyl/N-ethyl adjacent to an activating group) is 1. The van der Waals surface area contributed by atoms with E-state index in [1.54, 1.807) is 12.1 Å². The summed E-state index contributed by atoms with van der Waals surface area (Å²) in [5.74, 6) is -0.281. The molecule has 0 fully saturated rings. The summed E-state index contributed by atoms with van der Waals surface area (Å²) in [4.78, 5) is 13.4. The van der Waals surface area contributed by atoms with Gasteiger partial charge in [-0.3, -0.25) is 4.79 Å². The minimum atomic E-state index is -0.282. The van der Waals surface area contributed by atoms with Crippen molar-refractivity contribution in [3.05, 3.63) is 30.1 Å². The van der Waals surface area contributed by atoms with E-state index >= 15 is 0 Å². The lowest BCUT2D eigenvalue weighted by Gasteiger charge is -2.11. The van der Waals surface area contributed by atoms with Gasteiger partial charge >= 0.3 is 0 Å². The normalized spacial score (nSPS) is 10.4. The van der Waals surface area contributed by atoms with Crippen molar-refractivity contribution in [2.24, 2.45) is 0 Å². The summed E-state index contributed by atoms with van der Waals surface area (Å²) in [6.07, 6.45) is 0.379. The van der Waals surface area contributed by atoms with Crippen molar-refractivity contribution in [3.63, 3.8) is 0 Å². The number of carbonyl (C=O) groups is 1. The number of rotatable bonds is 7. The Hall–Kier alpha value is -1.62. The molecule has 0 bridgehead atoms. The quantitative estimate of drug-likeness (QED) is 0.770. The van der Waals surface area contributed by atoms with Gasteiger partial charge in [-0.15, -0.1) is 0 Å². The van der Waals surface area contributed by atoms with Crippen LogP contribution in [0.3, 0.4) is 0 Å². The van der Waals surface area contributed by atoms with Crippen LogP contribution < -0.4 is 10.6 Å². The van der Waals surface area contributed by atoms with E-state index in [1.165, 1.54) is 12.1 Å². The van der Waals surface area contributed by atoms with Gasteiger partial charge < -0.3 is 15.5 Å². The van der Waals surface area contributed by atoms with E-state index < -0.39 is 0 Å². The third-order valence-electron chi connectivity index (χ3n) is 2.39. The molecule has 1 amide bonds. The molecule has 0 aromatic heterocycles. The topological polar surface area (TPSA) is 44.4 Å². The number of nitrogens with one attached hydrogen (secondary N) is 2. The van der Waals surface area contributed by atoms with Crippen LogP contribution in [0.5, 0.6) is 0 Å². The van der Waals surface area contributed by atoms with Crippen LogP contribution in [0.1, 0.15) is 6.42 Å². The first-order valence-corrected chi connectivity index (χ1v) is 5.99. The van der Waals surface area contributed by atoms with Crippen molar-refractivity contribution >= 4 is 11.6 Å². The van der Waals surface area contributed by atoms with Gasteiger partial charge in [0.25, 0.3) is 0 Å². The maximum absolute atomic E-state index is 12.9. The Kier molecular flexibility index (Phi) is 6.14. The molecule has 0 radical (unpaired) electrons. The molecule has 4 nitrogen and oxygen atoms in total. The van der Waals surface area contributed by atoms with Crippen LogP contribution in [0, 0.1) is 5.82 Å². The first-order chi connectivity index (χ1) is 8.58. The van der Waals surface area contributed by atoms with E-state index in [9.17, 15) is 9.18 Å². The zero-order chi connectivity index (χ0) is 13.4. The first-order valence-electron chi connectivity index (χ1n) is 5.99. The average Bonchev–Trinajstić information content (AvgIpc) is 2.28. The number of carbonyl (C=O) groups excluding carboxylic acids is 1. The van der Waals surface area contributed by atoms with Gasteiger partial charge in [0.05, 0.1) is 0 Å². The Bertz CT molecular complexity index is 382. The van der Waals surface area contributed by atoms with Crippen molar-refractivity contribution in [1.29, 1.82) is 0 Å². The highest BCUT2D eigenvalue weighted by Gasteiger charge is 2.01. The number of amides is 1. The lowest BCUT2D eigenvalue weighted by atomic mass is 10.3. The Morgan fingerprint density at radius 2 is 2.11 bits per heavy atom. The fourth-order valence-electron chi connectivity index (χ4n) is 1.43. The number of anilines is 1. The summed E-state index contributed by atoms with van der Waals surface area (Å²) in [5, 5.41) is 5.82. The van der Waals surface area contributed by atoms with Crippen molar-refractivity contribution in [1.82, 2.24) is 10.2 Å². The van der Waals surface area contributed by atoms with Gasteiger partial charge in [-0.2, -0.15) is 0 Å². The second-order valence-corrected chi connectivity index (χ2v) is 4.34. The van der Waals surface area contributed by atoms with E-state index in [0.717, 1.165) is 6.54 Å². The molecule has 1 rings (SSSR count). The monoisotopic (exact) mass is 253 g/mol. The van der Waals surface area contributed by atoms with Gasteiger partial charge in [-0.05, 0) is 32.3 Å². The molecule has 0 heterocycles. The molecule has 0 saturated heterocycles. The fourth-order valence-corrected chi connectivity index (χ4v) is 1.43. The molecule has 2 N–H and O–H groups in total. The Labute approximate surface area is 107 Å². The second kappa shape index (κ2) is 7.66. The molecule has 0 unspecified atom stereocenters. The molecule has 0 saturated carbocycles. The summed E-state index contributed by atoms with van der Waals surface area (Å²) < 4.78 is 12.9. The van der Waals surface area contributed by atoms with Gasteiger partial charge in [0.1, 0.15) is 5.82 Å². The number of hydrogen-bond donors (Lipinski definition) is 2. The number of hydrogen-bond acceptors (Lipinski definition) is 3. The Morgan fingerprint density at radius 1 is 1.33 bits per heavy atom. The number of benzene rings is 1. The number of halogens is 1. The predicted octanol–water partition coefficient (Wildman–Crippen LogP) is 1.31. The van der Waals surface area contributed by atoms with Gasteiger partial charge in [0.2, 0.25) is 5.91 Å². The third kappa shape index (κ3) is 6.20. The molecule has 0 spiro atoms. The lowest BCUT2D eigenvalue weighted by Crippen LogP contribution is -2.32. The van der Waals surface area contributed by atoms with Crippen LogP contribution in [0.15, 0.2) is 24.3 Å². The van der Waals surface area contributed by atoms with E-state index in [2.05, 4.69) is 10.6 Å². The van der Waals surface area contributed by atoms with Crippen LogP contribution in [0.2, 0.25) is 0 Å². The van der Waals surface area contributed by atoms with Crippen molar-refractivity contribution in [2.75, 3.05) is 39.0 Å². The van der Waals surface area contributed by atoms with Crippen molar-refractivity contribution in [3.8, 4) is 0 Å². The summed E-state index contributed by atoms with van der Waals surface area (Å²) >= 11 is 0. The summed E-state index contributed by atoms with van der Waals surface area (Å²) in [6.45, 7) is 1.96. The minimum absolute atomic E-state index is 0.000697. The SMILES string of the molecule is CN(C)CCNC(=O)CCNc1cccc(F)c1. The first kappa shape index (κ1) is 14.4. The molecule has 1 aromatic rings. The summed E-state index contributed by atoms with van der Waals surface area (Å²) in [6, 6.07) is 6.20. The highest BCUT2D eigenvalue weighted by molar-refractivity contribution is 5.76. The predicted molar refractivity (Wildman–Crippen MR) is 71.1 cm³/mol. The van der Waals surface area contributed by atoms with Crippen LogP contribution in [0.25, 0.3) is 0 Å². The number of nitrogens with zero attached hydrogens (tertiary/aromatic N) is 1. The van der Waals surface area contributed by atoms with Gasteiger partial charge in [0, 0.05) is 31.7 Å². The highest BCUT2D eigenvalue weighted by atomic mass is 19.1. The van der Waals surface area contributed by atoms with Crippen LogP contribution >= 0.6 is 0 Å². The summed E-state index contributed by atoms with van der Waals surface area (Å²) in [5.41, 5.74) is 0.691. The van der Waals surface area contributed by atoms with E-state index in [0.29, 0.717) is 25.2 Å². The molecular weight excluding hydrogens is 233 g/mol.